The van der Waals surface area contributed by atoms with Gasteiger partial charge in [0.05, 0.1) is 26.0 Å². The van der Waals surface area contributed by atoms with E-state index in [1.165, 1.54) is 13.8 Å². The zero-order chi connectivity index (χ0) is 64.2. The number of carbonyl (C=O) groups is 13. The molecule has 0 aromatic carbocycles. The largest absolute Gasteiger partial charge is 0.481 e. The first-order chi connectivity index (χ1) is 35.4. The zero-order valence-electron chi connectivity index (χ0n) is 43.6. The number of primary amides is 2. The van der Waals surface area contributed by atoms with Gasteiger partial charge in [0.15, 0.2) is 0 Å². The predicted octanol–water partition coefficient (Wildman–Crippen LogP) is -8.53. The van der Waals surface area contributed by atoms with E-state index in [-0.39, 0.29) is 37.8 Å². The third kappa shape index (κ3) is 82.6. The van der Waals surface area contributed by atoms with Crippen LogP contribution in [-0.4, -0.2) is 219 Å². The molecule has 1 fully saturated rings. The first-order valence-electron chi connectivity index (χ1n) is 22.2. The maximum absolute atomic E-state index is 10.1. The summed E-state index contributed by atoms with van der Waals surface area (Å²) < 4.78 is 0. The van der Waals surface area contributed by atoms with Crippen molar-refractivity contribution in [3.63, 3.8) is 0 Å². The average Bonchev–Trinajstić information content (AvgIpc) is 3.87. The Kier molecular flexibility index (Phi) is 66.3. The van der Waals surface area contributed by atoms with Crippen LogP contribution >= 0.6 is 0 Å². The summed E-state index contributed by atoms with van der Waals surface area (Å²) in [5, 5.41) is 99.3. The Morgan fingerprint density at radius 2 is 0.821 bits per heavy atom. The number of aliphatic carboxylic acids is 11. The number of unbranched alkanes of at least 4 members (excludes halogenated alkanes) is 1. The molecule has 0 aliphatic carbocycles. The molecule has 0 spiro atoms. The number of hydrogen-bond donors (Lipinski definition) is 25. The summed E-state index contributed by atoms with van der Waals surface area (Å²) in [6.45, 7) is 7.07. The Hall–Kier alpha value is -7.37. The van der Waals surface area contributed by atoms with Crippen molar-refractivity contribution in [3.8, 4) is 0 Å². The van der Waals surface area contributed by atoms with E-state index in [9.17, 15) is 62.3 Å². The molecule has 460 valence electrons. The third-order valence-corrected chi connectivity index (χ3v) is 7.58. The van der Waals surface area contributed by atoms with Gasteiger partial charge in [-0.15, -0.1) is 0 Å². The van der Waals surface area contributed by atoms with Gasteiger partial charge in [-0.2, -0.15) is 0 Å². The molecule has 0 bridgehead atoms. The normalized spacial score (nSPS) is 14.3. The smallest absolute Gasteiger partial charge is 0.322 e. The first kappa shape index (κ1) is 90.2. The molecule has 38 nitrogen and oxygen atoms in total. The van der Waals surface area contributed by atoms with E-state index in [1.54, 1.807) is 13.8 Å². The summed E-state index contributed by atoms with van der Waals surface area (Å²) in [7, 11) is 0. The van der Waals surface area contributed by atoms with Gasteiger partial charge >= 0.3 is 65.7 Å². The minimum absolute atomic E-state index is 0.0208. The molecule has 1 aliphatic heterocycles. The molecule has 9 atom stereocenters. The van der Waals surface area contributed by atoms with Gasteiger partial charge in [-0.1, -0.05) is 20.3 Å². The fraction of sp³-hybridized carbons (Fsp3) is 0.675. The van der Waals surface area contributed by atoms with E-state index in [2.05, 4.69) is 16.8 Å². The molecule has 1 saturated heterocycles. The maximum Gasteiger partial charge on any atom is 0.322 e. The van der Waals surface area contributed by atoms with Crippen LogP contribution in [0.4, 0.5) is 0 Å². The molecule has 0 unspecified atom stereocenters. The van der Waals surface area contributed by atoms with Crippen molar-refractivity contribution >= 4 is 77.5 Å². The fourth-order valence-electron chi connectivity index (χ4n) is 2.89. The highest BCUT2D eigenvalue weighted by Crippen LogP contribution is 2.03. The molecular formula is C40H85N13O25. The Labute approximate surface area is 446 Å². The van der Waals surface area contributed by atoms with Gasteiger partial charge in [0, 0.05) is 6.42 Å². The second-order valence-electron chi connectivity index (χ2n) is 15.4. The SMILES string of the molecule is CC(C)[C@H](N)C(=O)O.C[C@H](N)C(=O)O.C[C@H](N)C(=O)O.NC(=O)CC[C@H](N)C(=O)O.NC(=O)C[C@H](N)C(=O)O.NCC(=O)O.NCCCC[C@H](N)C(=O)O.N[C@@H](CC(=O)O)C(=O)O.N[C@@H](CO)C(=O)O.O=C(O)[C@@H]1CCCN1. The van der Waals surface area contributed by atoms with E-state index < -0.39 is 139 Å². The lowest BCUT2D eigenvalue weighted by Crippen LogP contribution is -2.34. The Bertz CT molecular complexity index is 1680. The van der Waals surface area contributed by atoms with Crippen molar-refractivity contribution in [3.05, 3.63) is 0 Å². The van der Waals surface area contributed by atoms with Gasteiger partial charge in [-0.25, -0.2) is 0 Å². The lowest BCUT2D eigenvalue weighted by Gasteiger charge is -2.07. The fourth-order valence-corrected chi connectivity index (χ4v) is 2.89. The predicted molar refractivity (Wildman–Crippen MR) is 271 cm³/mol. The second-order valence-corrected chi connectivity index (χ2v) is 15.4. The summed E-state index contributed by atoms with van der Waals surface area (Å²) in [5.41, 5.74) is 58.8. The van der Waals surface area contributed by atoms with Gasteiger partial charge in [0.2, 0.25) is 11.8 Å². The number of carbonyl (C=O) groups excluding carboxylic acids is 2. The maximum atomic E-state index is 10.1. The minimum Gasteiger partial charge on any atom is -0.481 e. The molecule has 1 heterocycles. The van der Waals surface area contributed by atoms with Crippen LogP contribution in [0.1, 0.15) is 85.5 Å². The van der Waals surface area contributed by atoms with Crippen LogP contribution in [0.15, 0.2) is 0 Å². The van der Waals surface area contributed by atoms with E-state index in [0.29, 0.717) is 13.0 Å². The van der Waals surface area contributed by atoms with Crippen molar-refractivity contribution in [2.45, 2.75) is 140 Å². The number of carboxylic acids is 11. The van der Waals surface area contributed by atoms with Crippen molar-refractivity contribution in [2.75, 3.05) is 26.2 Å². The van der Waals surface area contributed by atoms with Crippen molar-refractivity contribution in [1.82, 2.24) is 5.32 Å². The number of aliphatic hydroxyl groups excluding tert-OH is 1. The summed E-state index contributed by atoms with van der Waals surface area (Å²) >= 11 is 0. The van der Waals surface area contributed by atoms with E-state index in [4.69, 9.17) is 119 Å². The zero-order valence-corrected chi connectivity index (χ0v) is 43.6. The molecule has 0 aromatic heterocycles. The van der Waals surface area contributed by atoms with Crippen LogP contribution in [0.3, 0.4) is 0 Å². The van der Waals surface area contributed by atoms with Gasteiger partial charge in [0.1, 0.15) is 54.4 Å². The van der Waals surface area contributed by atoms with Crippen LogP contribution < -0.4 is 74.1 Å². The van der Waals surface area contributed by atoms with Gasteiger partial charge in [-0.3, -0.25) is 62.3 Å². The van der Waals surface area contributed by atoms with Gasteiger partial charge < -0.3 is 135 Å². The average molecular weight is 1150 g/mol. The lowest BCUT2D eigenvalue weighted by atomic mass is 10.1. The first-order valence-corrected chi connectivity index (χ1v) is 22.2. The standard InChI is InChI=1S/C6H14N2O2.C5H10N2O3.C5H9NO2.C5H11NO2.C4H8N2O3.C4H7NO4.C3H7NO3.2C3H7NO2.C2H5NO2/c7-4-2-1-3-5(8)6(9)10;6-3(5(9)10)1-2-4(7)8;7-5(8)4-2-1-3-6-4;1-3(2)4(6)5(7)8;2*5-2(4(8)9)1-3(6)7;4-2(1-5)3(6)7;2*1-2(4)3(5)6;3-1-2(4)5/h5H,1-4,7-8H2,(H,9,10);3H,1-2,6H2,(H2,7,8)(H,9,10);4,6H,1-3H2,(H,7,8);3-4H,6H2,1-2H3,(H,7,8);2H,1,5H2,(H2,6,7)(H,8,9);2H,1,5H2,(H,6,7)(H,8,9);2,5H,1,4H2,(H,6,7);2*2H,4H2,1H3,(H,5,6);1,3H2,(H,4,5)/t5-;3-;2*4-;5*2-;/m000000000./s1. The van der Waals surface area contributed by atoms with E-state index >= 15 is 0 Å². The summed E-state index contributed by atoms with van der Waals surface area (Å²) in [6.07, 6.45) is 3.23. The van der Waals surface area contributed by atoms with Gasteiger partial charge in [0.25, 0.3) is 0 Å². The summed E-state index contributed by atoms with van der Waals surface area (Å²) in [5.74, 6) is -12.7. The molecule has 1 rings (SSSR count). The number of hydrogen-bond acceptors (Lipinski definition) is 25. The van der Waals surface area contributed by atoms with Crippen molar-refractivity contribution in [1.29, 1.82) is 0 Å². The highest BCUT2D eigenvalue weighted by Gasteiger charge is 2.20. The quantitative estimate of drug-likeness (QED) is 0.0423. The van der Waals surface area contributed by atoms with Crippen LogP contribution in [0, 0.1) is 5.92 Å². The summed E-state index contributed by atoms with van der Waals surface area (Å²) in [4.78, 5) is 128. The number of aliphatic hydroxyl groups is 1. The van der Waals surface area contributed by atoms with Crippen LogP contribution in [0.2, 0.25) is 0 Å². The number of nitrogens with two attached hydrogens (primary N) is 12. The van der Waals surface area contributed by atoms with Crippen molar-refractivity contribution in [2.24, 2.45) is 74.7 Å². The Morgan fingerprint density at radius 1 is 0.474 bits per heavy atom. The van der Waals surface area contributed by atoms with Gasteiger partial charge in [-0.05, 0) is 65.0 Å². The molecule has 1 aliphatic rings. The third-order valence-electron chi connectivity index (χ3n) is 7.58. The molecule has 2 amide bonds. The molecule has 0 saturated carbocycles. The highest BCUT2D eigenvalue weighted by molar-refractivity contribution is 5.83. The molecule has 78 heavy (non-hydrogen) atoms. The minimum atomic E-state index is -1.29. The van der Waals surface area contributed by atoms with Crippen molar-refractivity contribution < 1.29 is 124 Å². The number of nitrogens with one attached hydrogen (secondary N) is 1. The highest BCUT2D eigenvalue weighted by atomic mass is 16.4. The second kappa shape index (κ2) is 57.3. The number of amides is 2. The number of carboxylic acid groups (broad SMARTS) is 11. The molecule has 0 aromatic rings. The Morgan fingerprint density at radius 3 is 0.962 bits per heavy atom. The van der Waals surface area contributed by atoms with E-state index in [0.717, 1.165) is 32.2 Å². The van der Waals surface area contributed by atoms with Crippen LogP contribution in [-0.2, 0) is 62.3 Å². The topological polar surface area (TPSA) is 789 Å². The lowest BCUT2D eigenvalue weighted by molar-refractivity contribution is -0.144. The monoisotopic (exact) mass is 1150 g/mol. The van der Waals surface area contributed by atoms with E-state index in [1.807, 2.05) is 0 Å². The summed E-state index contributed by atoms with van der Waals surface area (Å²) in [6, 6.07) is -7.72. The molecule has 38 heteroatoms. The molecule has 0 radical (unpaired) electrons. The number of rotatable bonds is 23. The van der Waals surface area contributed by atoms with Crippen LogP contribution in [0.25, 0.3) is 0 Å². The molecule has 37 N–H and O–H groups in total. The van der Waals surface area contributed by atoms with Crippen LogP contribution in [0.5, 0.6) is 0 Å². The Balaban J connectivity index is -0.0000000975. The molecular weight excluding hydrogens is 1060 g/mol.